The smallest absolute Gasteiger partial charge is 0.234 e. The van der Waals surface area contributed by atoms with Gasteiger partial charge in [0.15, 0.2) is 10.6 Å². The van der Waals surface area contributed by atoms with Crippen LogP contribution in [0.1, 0.15) is 23.4 Å². The number of Topliss-reactive ketones (excluding diaryl/α,β-unsaturated/α-hetero) is 1. The van der Waals surface area contributed by atoms with E-state index in [1.54, 1.807) is 30.0 Å². The lowest BCUT2D eigenvalue weighted by molar-refractivity contribution is 0.0824. The van der Waals surface area contributed by atoms with E-state index >= 15 is 0 Å². The number of thioether (sulfide) groups is 1. The summed E-state index contributed by atoms with van der Waals surface area (Å²) in [6.07, 6.45) is 6.75. The predicted molar refractivity (Wildman–Crippen MR) is 81.6 cm³/mol. The number of allylic oxidation sites excluding steroid dienone is 1. The highest BCUT2D eigenvalue weighted by atomic mass is 32.2. The maximum Gasteiger partial charge on any atom is 0.234 e. The summed E-state index contributed by atoms with van der Waals surface area (Å²) >= 11 is 1.56. The molecule has 5 heteroatoms. The molecule has 2 aliphatic rings. The summed E-state index contributed by atoms with van der Waals surface area (Å²) in [5.41, 5.74) is 0.994. The van der Waals surface area contributed by atoms with E-state index in [4.69, 9.17) is 4.42 Å². The number of nitrogens with zero attached hydrogens (tertiary/aromatic N) is 2. The Kier molecular flexibility index (Phi) is 3.64. The Morgan fingerprint density at radius 3 is 3.24 bits per heavy atom. The number of carbonyl (C=O) groups excluding carboxylic acids is 1. The van der Waals surface area contributed by atoms with Crippen LogP contribution in [-0.4, -0.2) is 27.9 Å². The standard InChI is InChI=1S/C16H16N2O2S/c1-2-10-21-16(15(19)14-4-3-9-20-14)7-5-13-12(11-17)6-8-18(13)16/h2-5,9,12H,1,6-8,10H2. The van der Waals surface area contributed by atoms with Crippen molar-refractivity contribution >= 4 is 17.5 Å². The van der Waals surface area contributed by atoms with Crippen LogP contribution in [0.3, 0.4) is 0 Å². The van der Waals surface area contributed by atoms with E-state index in [1.165, 1.54) is 6.26 Å². The van der Waals surface area contributed by atoms with Crippen molar-refractivity contribution in [2.24, 2.45) is 5.92 Å². The third kappa shape index (κ3) is 2.11. The minimum atomic E-state index is -0.688. The normalized spacial score (nSPS) is 27.1. The monoisotopic (exact) mass is 300 g/mol. The Morgan fingerprint density at radius 2 is 2.57 bits per heavy atom. The maximum atomic E-state index is 13.0. The molecule has 0 aromatic carbocycles. The molecule has 1 aromatic rings. The molecule has 1 aromatic heterocycles. The molecule has 2 atom stereocenters. The molecule has 0 bridgehead atoms. The average molecular weight is 300 g/mol. The molecule has 0 aliphatic carbocycles. The molecule has 4 nitrogen and oxygen atoms in total. The summed E-state index contributed by atoms with van der Waals surface area (Å²) in [5.74, 6) is 0.938. The maximum absolute atomic E-state index is 13.0. The van der Waals surface area contributed by atoms with E-state index in [0.29, 0.717) is 17.9 Å². The number of rotatable bonds is 5. The van der Waals surface area contributed by atoms with E-state index in [0.717, 1.165) is 18.7 Å². The van der Waals surface area contributed by atoms with Gasteiger partial charge in [0.1, 0.15) is 0 Å². The van der Waals surface area contributed by atoms with Gasteiger partial charge in [-0.1, -0.05) is 12.2 Å². The zero-order valence-electron chi connectivity index (χ0n) is 11.6. The molecule has 0 radical (unpaired) electrons. The zero-order valence-corrected chi connectivity index (χ0v) is 12.4. The van der Waals surface area contributed by atoms with Gasteiger partial charge in [0.05, 0.1) is 18.3 Å². The summed E-state index contributed by atoms with van der Waals surface area (Å²) in [6.45, 7) is 4.48. The van der Waals surface area contributed by atoms with Gasteiger partial charge in [-0.3, -0.25) is 4.79 Å². The Hall–Kier alpha value is -1.93. The fourth-order valence-electron chi connectivity index (χ4n) is 3.06. The van der Waals surface area contributed by atoms with Gasteiger partial charge in [-0.2, -0.15) is 5.26 Å². The predicted octanol–water partition coefficient (Wildman–Crippen LogP) is 3.21. The van der Waals surface area contributed by atoms with Crippen molar-refractivity contribution in [3.63, 3.8) is 0 Å². The van der Waals surface area contributed by atoms with Crippen LogP contribution < -0.4 is 0 Å². The third-order valence-electron chi connectivity index (χ3n) is 4.03. The van der Waals surface area contributed by atoms with Crippen LogP contribution in [0.25, 0.3) is 0 Å². The van der Waals surface area contributed by atoms with Crippen LogP contribution in [0.5, 0.6) is 0 Å². The zero-order chi connectivity index (χ0) is 14.9. The molecule has 2 unspecified atom stereocenters. The van der Waals surface area contributed by atoms with Crippen LogP contribution in [-0.2, 0) is 0 Å². The molecule has 108 valence electrons. The lowest BCUT2D eigenvalue weighted by atomic mass is 10.1. The molecule has 21 heavy (non-hydrogen) atoms. The fraction of sp³-hybridized carbons (Fsp3) is 0.375. The second-order valence-electron chi connectivity index (χ2n) is 5.15. The number of hydrogen-bond donors (Lipinski definition) is 0. The highest BCUT2D eigenvalue weighted by Gasteiger charge is 2.52. The molecule has 3 heterocycles. The topological polar surface area (TPSA) is 57.2 Å². The molecular formula is C16H16N2O2S. The van der Waals surface area contributed by atoms with Crippen LogP contribution in [0.2, 0.25) is 0 Å². The Labute approximate surface area is 128 Å². The fourth-order valence-corrected chi connectivity index (χ4v) is 4.24. The minimum absolute atomic E-state index is 0.0239. The second-order valence-corrected chi connectivity index (χ2v) is 6.44. The molecule has 0 spiro atoms. The van der Waals surface area contributed by atoms with Crippen molar-refractivity contribution in [3.05, 3.63) is 48.6 Å². The van der Waals surface area contributed by atoms with Crippen LogP contribution >= 0.6 is 11.8 Å². The Balaban J connectivity index is 1.95. The SMILES string of the molecule is C=CCSC1(C(=O)c2ccco2)CC=C2C(C#N)CCN21. The van der Waals surface area contributed by atoms with Gasteiger partial charge in [-0.25, -0.2) is 0 Å². The molecule has 1 saturated heterocycles. The summed E-state index contributed by atoms with van der Waals surface area (Å²) in [6, 6.07) is 5.76. The number of furan rings is 1. The van der Waals surface area contributed by atoms with Gasteiger partial charge in [0.2, 0.25) is 5.78 Å². The van der Waals surface area contributed by atoms with Gasteiger partial charge in [-0.15, -0.1) is 18.3 Å². The summed E-state index contributed by atoms with van der Waals surface area (Å²) in [4.78, 5) is 14.4. The first kappa shape index (κ1) is 14.0. The van der Waals surface area contributed by atoms with E-state index in [-0.39, 0.29) is 11.7 Å². The van der Waals surface area contributed by atoms with E-state index in [9.17, 15) is 10.1 Å². The van der Waals surface area contributed by atoms with E-state index < -0.39 is 4.87 Å². The lowest BCUT2D eigenvalue weighted by Crippen LogP contribution is -2.47. The van der Waals surface area contributed by atoms with Gasteiger partial charge in [-0.05, 0) is 18.6 Å². The number of hydrogen-bond acceptors (Lipinski definition) is 5. The molecule has 0 amide bonds. The van der Waals surface area contributed by atoms with Crippen molar-refractivity contribution in [1.29, 1.82) is 5.26 Å². The molecule has 3 rings (SSSR count). The van der Waals surface area contributed by atoms with Crippen molar-refractivity contribution < 1.29 is 9.21 Å². The minimum Gasteiger partial charge on any atom is -0.461 e. The van der Waals surface area contributed by atoms with Crippen molar-refractivity contribution in [1.82, 2.24) is 4.90 Å². The lowest BCUT2D eigenvalue weighted by Gasteiger charge is -2.36. The molecule has 2 aliphatic heterocycles. The highest BCUT2D eigenvalue weighted by Crippen LogP contribution is 2.49. The van der Waals surface area contributed by atoms with E-state index in [2.05, 4.69) is 17.5 Å². The van der Waals surface area contributed by atoms with Crippen molar-refractivity contribution in [2.75, 3.05) is 12.3 Å². The van der Waals surface area contributed by atoms with Crippen LogP contribution in [0, 0.1) is 17.2 Å². The second kappa shape index (κ2) is 5.45. The number of nitriles is 1. The molecule has 1 fully saturated rings. The van der Waals surface area contributed by atoms with Crippen LogP contribution in [0.15, 0.2) is 47.2 Å². The first-order valence-electron chi connectivity index (χ1n) is 6.93. The molecule has 0 N–H and O–H groups in total. The van der Waals surface area contributed by atoms with E-state index in [1.807, 2.05) is 6.08 Å². The number of carbonyl (C=O) groups is 1. The van der Waals surface area contributed by atoms with Gasteiger partial charge < -0.3 is 9.32 Å². The van der Waals surface area contributed by atoms with Crippen molar-refractivity contribution in [2.45, 2.75) is 17.7 Å². The highest BCUT2D eigenvalue weighted by molar-refractivity contribution is 8.01. The van der Waals surface area contributed by atoms with Gasteiger partial charge in [0, 0.05) is 24.4 Å². The molecular weight excluding hydrogens is 284 g/mol. The van der Waals surface area contributed by atoms with Gasteiger partial charge in [0.25, 0.3) is 0 Å². The summed E-state index contributed by atoms with van der Waals surface area (Å²) in [7, 11) is 0. The number of ketones is 1. The number of fused-ring (bicyclic) bond motifs is 1. The first-order chi connectivity index (χ1) is 10.2. The van der Waals surface area contributed by atoms with Gasteiger partial charge >= 0.3 is 0 Å². The Morgan fingerprint density at radius 1 is 1.71 bits per heavy atom. The summed E-state index contributed by atoms with van der Waals surface area (Å²) in [5, 5.41) is 9.24. The largest absolute Gasteiger partial charge is 0.461 e. The van der Waals surface area contributed by atoms with Crippen molar-refractivity contribution in [3.8, 4) is 6.07 Å². The van der Waals surface area contributed by atoms with Crippen LogP contribution in [0.4, 0.5) is 0 Å². The first-order valence-corrected chi connectivity index (χ1v) is 7.92. The average Bonchev–Trinajstić information content (AvgIpc) is 3.21. The summed E-state index contributed by atoms with van der Waals surface area (Å²) < 4.78 is 5.31. The third-order valence-corrected chi connectivity index (χ3v) is 5.48. The quantitative estimate of drug-likeness (QED) is 0.617. The Bertz CT molecular complexity index is 629. The molecule has 0 saturated carbocycles.